The van der Waals surface area contributed by atoms with E-state index < -0.39 is 0 Å². The van der Waals surface area contributed by atoms with E-state index in [-0.39, 0.29) is 6.04 Å². The minimum Gasteiger partial charge on any atom is -0.467 e. The van der Waals surface area contributed by atoms with Crippen LogP contribution in [0.4, 0.5) is 0 Å². The maximum atomic E-state index is 5.66. The summed E-state index contributed by atoms with van der Waals surface area (Å²) in [5, 5.41) is 8.06. The lowest BCUT2D eigenvalue weighted by Gasteiger charge is -2.17. The van der Waals surface area contributed by atoms with Gasteiger partial charge in [-0.1, -0.05) is 6.92 Å². The number of likely N-dealkylation sites (N-methyl/N-ethyl adjacent to an activating group) is 1. The van der Waals surface area contributed by atoms with Gasteiger partial charge in [0.15, 0.2) is 0 Å². The monoisotopic (exact) mass is 339 g/mol. The third-order valence-corrected chi connectivity index (χ3v) is 4.55. The number of aromatic nitrogens is 2. The molecule has 1 N–H and O–H groups in total. The largest absolute Gasteiger partial charge is 0.467 e. The molecule has 1 unspecified atom stereocenters. The van der Waals surface area contributed by atoms with E-state index in [1.807, 2.05) is 13.0 Å². The van der Waals surface area contributed by atoms with Gasteiger partial charge in [0, 0.05) is 13.0 Å². The fraction of sp³-hybridized carbons (Fsp3) is 0.533. The van der Waals surface area contributed by atoms with E-state index in [4.69, 9.17) is 4.42 Å². The van der Waals surface area contributed by atoms with Gasteiger partial charge in [0.1, 0.15) is 5.76 Å². The van der Waals surface area contributed by atoms with Crippen molar-refractivity contribution >= 4 is 15.9 Å². The van der Waals surface area contributed by atoms with Crippen LogP contribution in [0.15, 0.2) is 21.2 Å². The zero-order valence-electron chi connectivity index (χ0n) is 12.5. The number of furan rings is 1. The van der Waals surface area contributed by atoms with Crippen molar-refractivity contribution in [1.82, 2.24) is 15.1 Å². The summed E-state index contributed by atoms with van der Waals surface area (Å²) in [7, 11) is 0. The molecule has 5 heteroatoms. The molecule has 1 atom stereocenters. The first-order chi connectivity index (χ1) is 9.58. The molecule has 0 spiro atoms. The van der Waals surface area contributed by atoms with Crippen LogP contribution < -0.4 is 5.32 Å². The van der Waals surface area contributed by atoms with Crippen LogP contribution in [0.25, 0.3) is 0 Å². The van der Waals surface area contributed by atoms with Crippen molar-refractivity contribution in [2.75, 3.05) is 6.54 Å². The minimum absolute atomic E-state index is 0.174. The number of hydrogen-bond donors (Lipinski definition) is 1. The van der Waals surface area contributed by atoms with Crippen LogP contribution in [0, 0.1) is 13.8 Å². The highest BCUT2D eigenvalue weighted by Crippen LogP contribution is 2.28. The Morgan fingerprint density at radius 2 is 2.15 bits per heavy atom. The Kier molecular flexibility index (Phi) is 5.05. The van der Waals surface area contributed by atoms with Crippen molar-refractivity contribution in [2.24, 2.45) is 0 Å². The highest BCUT2D eigenvalue weighted by atomic mass is 79.9. The summed E-state index contributed by atoms with van der Waals surface area (Å²) in [4.78, 5) is 0. The SMILES string of the molecule is CCNC(Cc1c(Br)c(C)nn1CC)c1occc1C. The van der Waals surface area contributed by atoms with Gasteiger partial charge in [-0.05, 0) is 54.9 Å². The molecule has 0 amide bonds. The highest BCUT2D eigenvalue weighted by molar-refractivity contribution is 9.10. The topological polar surface area (TPSA) is 43.0 Å². The number of halogens is 1. The molecular formula is C15H22BrN3O. The minimum atomic E-state index is 0.174. The summed E-state index contributed by atoms with van der Waals surface area (Å²) >= 11 is 3.66. The van der Waals surface area contributed by atoms with E-state index in [1.165, 1.54) is 11.3 Å². The maximum absolute atomic E-state index is 5.66. The predicted molar refractivity (Wildman–Crippen MR) is 83.9 cm³/mol. The van der Waals surface area contributed by atoms with Gasteiger partial charge >= 0.3 is 0 Å². The molecular weight excluding hydrogens is 318 g/mol. The Labute approximate surface area is 128 Å². The number of hydrogen-bond acceptors (Lipinski definition) is 3. The number of rotatable bonds is 6. The van der Waals surface area contributed by atoms with Crippen LogP contribution in [0.3, 0.4) is 0 Å². The molecule has 4 nitrogen and oxygen atoms in total. The van der Waals surface area contributed by atoms with Crippen molar-refractivity contribution in [2.45, 2.75) is 46.7 Å². The summed E-state index contributed by atoms with van der Waals surface area (Å²) < 4.78 is 8.82. The Balaban J connectivity index is 2.31. The zero-order chi connectivity index (χ0) is 14.7. The molecule has 20 heavy (non-hydrogen) atoms. The standard InChI is InChI=1S/C15H22BrN3O/c1-5-17-12(15-10(3)7-8-20-15)9-13-14(16)11(4)18-19(13)6-2/h7-8,12,17H,5-6,9H2,1-4H3. The smallest absolute Gasteiger partial charge is 0.123 e. The fourth-order valence-corrected chi connectivity index (χ4v) is 2.95. The van der Waals surface area contributed by atoms with E-state index in [9.17, 15) is 0 Å². The molecule has 0 bridgehead atoms. The number of nitrogens with zero attached hydrogens (tertiary/aromatic N) is 2. The first kappa shape index (κ1) is 15.3. The van der Waals surface area contributed by atoms with Crippen molar-refractivity contribution in [3.63, 3.8) is 0 Å². The number of aryl methyl sites for hydroxylation is 3. The van der Waals surface area contributed by atoms with Gasteiger partial charge in [-0.3, -0.25) is 4.68 Å². The Bertz CT molecular complexity index is 574. The highest BCUT2D eigenvalue weighted by Gasteiger charge is 2.21. The fourth-order valence-electron chi connectivity index (χ4n) is 2.50. The molecule has 0 aromatic carbocycles. The molecule has 2 heterocycles. The second-order valence-corrected chi connectivity index (χ2v) is 5.74. The van der Waals surface area contributed by atoms with E-state index in [0.717, 1.165) is 35.4 Å². The molecule has 0 fully saturated rings. The van der Waals surface area contributed by atoms with Crippen LogP contribution in [0.2, 0.25) is 0 Å². The molecule has 2 aromatic heterocycles. The van der Waals surface area contributed by atoms with Crippen molar-refractivity contribution < 1.29 is 4.42 Å². The van der Waals surface area contributed by atoms with E-state index in [0.29, 0.717) is 0 Å². The lowest BCUT2D eigenvalue weighted by molar-refractivity contribution is 0.405. The second kappa shape index (κ2) is 6.59. The molecule has 0 aliphatic carbocycles. The third-order valence-electron chi connectivity index (χ3n) is 3.52. The molecule has 0 radical (unpaired) electrons. The van der Waals surface area contributed by atoms with Crippen LogP contribution in [-0.2, 0) is 13.0 Å². The van der Waals surface area contributed by atoms with Crippen LogP contribution in [0.5, 0.6) is 0 Å². The molecule has 110 valence electrons. The van der Waals surface area contributed by atoms with Crippen LogP contribution >= 0.6 is 15.9 Å². The first-order valence-electron chi connectivity index (χ1n) is 7.07. The van der Waals surface area contributed by atoms with Gasteiger partial charge in [0.25, 0.3) is 0 Å². The summed E-state index contributed by atoms with van der Waals surface area (Å²) in [6.45, 7) is 10.1. The summed E-state index contributed by atoms with van der Waals surface area (Å²) in [6.07, 6.45) is 2.61. The van der Waals surface area contributed by atoms with E-state index in [1.54, 1.807) is 6.26 Å². The average Bonchev–Trinajstić information content (AvgIpc) is 2.96. The summed E-state index contributed by atoms with van der Waals surface area (Å²) in [6, 6.07) is 2.18. The normalized spacial score (nSPS) is 12.8. The van der Waals surface area contributed by atoms with Gasteiger partial charge in [0.2, 0.25) is 0 Å². The quantitative estimate of drug-likeness (QED) is 0.871. The van der Waals surface area contributed by atoms with Crippen molar-refractivity contribution in [3.05, 3.63) is 39.5 Å². The van der Waals surface area contributed by atoms with Gasteiger partial charge < -0.3 is 9.73 Å². The predicted octanol–water partition coefficient (Wildman–Crippen LogP) is 3.77. The molecule has 0 aliphatic rings. The second-order valence-electron chi connectivity index (χ2n) is 4.94. The summed E-state index contributed by atoms with van der Waals surface area (Å²) in [5.41, 5.74) is 3.44. The molecule has 2 rings (SSSR count). The van der Waals surface area contributed by atoms with Gasteiger partial charge in [0.05, 0.1) is 28.2 Å². The van der Waals surface area contributed by atoms with Crippen molar-refractivity contribution in [1.29, 1.82) is 0 Å². The first-order valence-corrected chi connectivity index (χ1v) is 7.86. The lowest BCUT2D eigenvalue weighted by atomic mass is 10.1. The number of nitrogens with one attached hydrogen (secondary N) is 1. The maximum Gasteiger partial charge on any atom is 0.123 e. The Morgan fingerprint density at radius 1 is 1.40 bits per heavy atom. The zero-order valence-corrected chi connectivity index (χ0v) is 14.1. The Morgan fingerprint density at radius 3 is 2.70 bits per heavy atom. The molecule has 0 saturated heterocycles. The average molecular weight is 340 g/mol. The van der Waals surface area contributed by atoms with Gasteiger partial charge in [-0.25, -0.2) is 0 Å². The van der Waals surface area contributed by atoms with Crippen LogP contribution in [0.1, 0.15) is 42.6 Å². The van der Waals surface area contributed by atoms with E-state index >= 15 is 0 Å². The van der Waals surface area contributed by atoms with E-state index in [2.05, 4.69) is 51.8 Å². The van der Waals surface area contributed by atoms with Crippen LogP contribution in [-0.4, -0.2) is 16.3 Å². The molecule has 0 saturated carbocycles. The molecule has 0 aliphatic heterocycles. The van der Waals surface area contributed by atoms with Crippen molar-refractivity contribution in [3.8, 4) is 0 Å². The van der Waals surface area contributed by atoms with Gasteiger partial charge in [-0.15, -0.1) is 0 Å². The Hall–Kier alpha value is -1.07. The summed E-state index contributed by atoms with van der Waals surface area (Å²) in [5.74, 6) is 1.01. The third kappa shape index (κ3) is 2.99. The van der Waals surface area contributed by atoms with Gasteiger partial charge in [-0.2, -0.15) is 5.10 Å². The molecule has 2 aromatic rings. The lowest BCUT2D eigenvalue weighted by Crippen LogP contribution is -2.24.